The van der Waals surface area contributed by atoms with Crippen molar-refractivity contribution in [2.75, 3.05) is 11.3 Å². The molecule has 0 radical (unpaired) electrons. The zero-order valence-corrected chi connectivity index (χ0v) is 9.89. The predicted molar refractivity (Wildman–Crippen MR) is 67.5 cm³/mol. The average Bonchev–Trinajstić information content (AvgIpc) is 2.67. The number of aryl methyl sites for hydroxylation is 1. The molecule has 0 aliphatic carbocycles. The van der Waals surface area contributed by atoms with Crippen LogP contribution in [-0.2, 0) is 0 Å². The number of hydrogen-bond acceptors (Lipinski definition) is 6. The van der Waals surface area contributed by atoms with Gasteiger partial charge in [-0.05, 0) is 19.2 Å². The van der Waals surface area contributed by atoms with Crippen molar-refractivity contribution in [2.24, 2.45) is 10.8 Å². The highest BCUT2D eigenvalue weighted by molar-refractivity contribution is 7.79. The molecule has 84 valence electrons. The normalized spacial score (nSPS) is 12.6. The number of aromatic nitrogens is 3. The predicted octanol–water partition coefficient (Wildman–Crippen LogP) is 0.937. The van der Waals surface area contributed by atoms with Gasteiger partial charge in [-0.25, -0.2) is 20.3 Å². The van der Waals surface area contributed by atoms with E-state index < -0.39 is 0 Å². The van der Waals surface area contributed by atoms with Crippen LogP contribution in [-0.4, -0.2) is 27.2 Å². The van der Waals surface area contributed by atoms with Crippen LogP contribution in [0.25, 0.3) is 5.52 Å². The molecule has 2 N–H and O–H groups in total. The Bertz CT molecular complexity index is 546. The first-order valence-corrected chi connectivity index (χ1v) is 5.53. The molecule has 0 atom stereocenters. The van der Waals surface area contributed by atoms with Crippen LogP contribution in [0.5, 0.6) is 0 Å². The standard InChI is InChI=1S/C8H8N6.CH4S/c1-5-2-6-7-8(11-4-13(6)9)10-3-12-14(5)7;1-2/h2-4H,9H2,1H3;2H,1H3. The third-order valence-electron chi connectivity index (χ3n) is 2.28. The van der Waals surface area contributed by atoms with Gasteiger partial charge in [-0.2, -0.15) is 17.7 Å². The van der Waals surface area contributed by atoms with E-state index in [9.17, 15) is 0 Å². The fourth-order valence-electron chi connectivity index (χ4n) is 1.63. The summed E-state index contributed by atoms with van der Waals surface area (Å²) < 4.78 is 1.79. The molecule has 0 unspecified atom stereocenters. The Morgan fingerprint density at radius 2 is 2.12 bits per heavy atom. The fraction of sp³-hybridized carbons (Fsp3) is 0.222. The molecule has 3 rings (SSSR count). The van der Waals surface area contributed by atoms with Crippen molar-refractivity contribution in [3.05, 3.63) is 18.1 Å². The summed E-state index contributed by atoms with van der Waals surface area (Å²) in [5.74, 6) is 6.39. The van der Waals surface area contributed by atoms with Gasteiger partial charge in [-0.1, -0.05) is 0 Å². The lowest BCUT2D eigenvalue weighted by atomic mass is 10.3. The van der Waals surface area contributed by atoms with E-state index in [-0.39, 0.29) is 0 Å². The molecule has 0 saturated carbocycles. The highest BCUT2D eigenvalue weighted by atomic mass is 32.1. The summed E-state index contributed by atoms with van der Waals surface area (Å²) in [5.41, 5.74) is 2.75. The number of nitrogens with zero attached hydrogens (tertiary/aromatic N) is 5. The molecule has 0 spiro atoms. The molecule has 3 heterocycles. The second-order valence-corrected chi connectivity index (χ2v) is 3.17. The number of thiol groups is 1. The highest BCUT2D eigenvalue weighted by Gasteiger charge is 2.18. The second kappa shape index (κ2) is 4.11. The maximum atomic E-state index is 5.73. The van der Waals surface area contributed by atoms with E-state index >= 15 is 0 Å². The van der Waals surface area contributed by atoms with Crippen molar-refractivity contribution in [1.82, 2.24) is 14.6 Å². The molecule has 1 aliphatic rings. The summed E-state index contributed by atoms with van der Waals surface area (Å²) in [6.07, 6.45) is 4.73. The van der Waals surface area contributed by atoms with Crippen LogP contribution >= 0.6 is 12.6 Å². The van der Waals surface area contributed by atoms with E-state index in [1.54, 1.807) is 17.1 Å². The van der Waals surface area contributed by atoms with Gasteiger partial charge < -0.3 is 0 Å². The van der Waals surface area contributed by atoms with Crippen LogP contribution in [0.15, 0.2) is 17.4 Å². The summed E-state index contributed by atoms with van der Waals surface area (Å²) in [5, 5.41) is 5.60. The Morgan fingerprint density at radius 3 is 2.88 bits per heavy atom. The lowest BCUT2D eigenvalue weighted by Gasteiger charge is -2.15. The summed E-state index contributed by atoms with van der Waals surface area (Å²) in [6, 6.07) is 1.96. The van der Waals surface area contributed by atoms with Gasteiger partial charge in [-0.15, -0.1) is 0 Å². The minimum absolute atomic E-state index is 0.657. The van der Waals surface area contributed by atoms with E-state index in [1.165, 1.54) is 11.3 Å². The Balaban J connectivity index is 0.000000457. The van der Waals surface area contributed by atoms with Gasteiger partial charge in [0.25, 0.3) is 0 Å². The topological polar surface area (TPSA) is 71.8 Å². The number of rotatable bonds is 0. The monoisotopic (exact) mass is 236 g/mol. The summed E-state index contributed by atoms with van der Waals surface area (Å²) in [7, 11) is 0. The van der Waals surface area contributed by atoms with Crippen molar-refractivity contribution in [3.8, 4) is 0 Å². The van der Waals surface area contributed by atoms with Gasteiger partial charge in [0.1, 0.15) is 18.2 Å². The lowest BCUT2D eigenvalue weighted by molar-refractivity contribution is 0.869. The van der Waals surface area contributed by atoms with Crippen LogP contribution in [0.3, 0.4) is 0 Å². The molecule has 1 aliphatic heterocycles. The number of aliphatic imine (C=N–C) groups is 1. The number of hydrazine groups is 1. The highest BCUT2D eigenvalue weighted by Crippen LogP contribution is 2.31. The van der Waals surface area contributed by atoms with E-state index in [0.29, 0.717) is 5.82 Å². The minimum atomic E-state index is 0.657. The largest absolute Gasteiger partial charge is 0.266 e. The number of nitrogens with two attached hydrogens (primary N) is 1. The van der Waals surface area contributed by atoms with Crippen LogP contribution in [0.1, 0.15) is 5.69 Å². The molecule has 0 amide bonds. The maximum Gasteiger partial charge on any atom is 0.183 e. The summed E-state index contributed by atoms with van der Waals surface area (Å²) in [6.45, 7) is 1.96. The molecule has 0 fully saturated rings. The molecule has 2 aromatic rings. The number of anilines is 1. The fourth-order valence-corrected chi connectivity index (χ4v) is 1.63. The molecular weight excluding hydrogens is 224 g/mol. The van der Waals surface area contributed by atoms with E-state index in [2.05, 4.69) is 27.7 Å². The van der Waals surface area contributed by atoms with Crippen molar-refractivity contribution >= 4 is 36.0 Å². The van der Waals surface area contributed by atoms with Crippen LogP contribution < -0.4 is 10.9 Å². The first kappa shape index (κ1) is 10.9. The van der Waals surface area contributed by atoms with Gasteiger partial charge in [0.15, 0.2) is 5.82 Å². The second-order valence-electron chi connectivity index (χ2n) is 3.17. The van der Waals surface area contributed by atoms with E-state index in [0.717, 1.165) is 16.9 Å². The SMILES string of the molecule is CS.Cc1cc2c3c(ncnn13)N=CN2N. The molecule has 6 nitrogen and oxygen atoms in total. The van der Waals surface area contributed by atoms with E-state index in [1.807, 2.05) is 13.0 Å². The van der Waals surface area contributed by atoms with Crippen molar-refractivity contribution in [3.63, 3.8) is 0 Å². The zero-order chi connectivity index (χ0) is 11.7. The van der Waals surface area contributed by atoms with Crippen LogP contribution in [0.4, 0.5) is 11.5 Å². The van der Waals surface area contributed by atoms with Crippen LogP contribution in [0, 0.1) is 6.92 Å². The molecular formula is C9H12N6S. The average molecular weight is 236 g/mol. The Morgan fingerprint density at radius 1 is 1.38 bits per heavy atom. The third-order valence-corrected chi connectivity index (χ3v) is 2.28. The molecule has 0 aromatic carbocycles. The maximum absolute atomic E-state index is 5.73. The van der Waals surface area contributed by atoms with E-state index in [4.69, 9.17) is 5.84 Å². The molecule has 0 saturated heterocycles. The van der Waals surface area contributed by atoms with Crippen LogP contribution in [0.2, 0.25) is 0 Å². The Hall–Kier alpha value is -1.60. The number of hydrogen-bond donors (Lipinski definition) is 2. The summed E-state index contributed by atoms with van der Waals surface area (Å²) in [4.78, 5) is 8.18. The van der Waals surface area contributed by atoms with Gasteiger partial charge in [0, 0.05) is 5.69 Å². The summed E-state index contributed by atoms with van der Waals surface area (Å²) >= 11 is 3.53. The molecule has 2 aromatic heterocycles. The minimum Gasteiger partial charge on any atom is -0.266 e. The van der Waals surface area contributed by atoms with Gasteiger partial charge in [0.2, 0.25) is 0 Å². The van der Waals surface area contributed by atoms with Gasteiger partial charge in [-0.3, -0.25) is 5.01 Å². The van der Waals surface area contributed by atoms with Gasteiger partial charge >= 0.3 is 0 Å². The third kappa shape index (κ3) is 1.44. The van der Waals surface area contributed by atoms with Crippen molar-refractivity contribution < 1.29 is 0 Å². The quantitative estimate of drug-likeness (QED) is 0.527. The van der Waals surface area contributed by atoms with Crippen molar-refractivity contribution in [2.45, 2.75) is 6.92 Å². The van der Waals surface area contributed by atoms with Gasteiger partial charge in [0.05, 0.1) is 5.69 Å². The smallest absolute Gasteiger partial charge is 0.183 e. The lowest BCUT2D eigenvalue weighted by Crippen LogP contribution is -2.30. The molecule has 0 bridgehead atoms. The first-order valence-electron chi connectivity index (χ1n) is 4.63. The Labute approximate surface area is 98.2 Å². The Kier molecular flexibility index (Phi) is 2.80. The molecule has 7 heteroatoms. The first-order chi connectivity index (χ1) is 7.77. The molecule has 16 heavy (non-hydrogen) atoms. The van der Waals surface area contributed by atoms with Crippen molar-refractivity contribution in [1.29, 1.82) is 0 Å². The zero-order valence-electron chi connectivity index (χ0n) is 8.99.